The molecule has 0 atom stereocenters. The first kappa shape index (κ1) is 20.3. The van der Waals surface area contributed by atoms with Crippen molar-refractivity contribution < 1.29 is 18.3 Å². The van der Waals surface area contributed by atoms with Gasteiger partial charge < -0.3 is 9.30 Å². The van der Waals surface area contributed by atoms with Gasteiger partial charge in [0.2, 0.25) is 5.95 Å². The minimum Gasteiger partial charge on any atom is -0.382 e. The second-order valence-corrected chi connectivity index (χ2v) is 7.05. The summed E-state index contributed by atoms with van der Waals surface area (Å²) in [6.07, 6.45) is 0.788. The second kappa shape index (κ2) is 9.66. The van der Waals surface area contributed by atoms with Crippen LogP contribution in [0.3, 0.4) is 0 Å². The molecule has 0 radical (unpaired) electrons. The molecule has 148 valence electrons. The van der Waals surface area contributed by atoms with Crippen LogP contribution in [0.5, 0.6) is 0 Å². The molecule has 1 amide bonds. The summed E-state index contributed by atoms with van der Waals surface area (Å²) in [6.45, 7) is 3.89. The van der Waals surface area contributed by atoms with E-state index in [9.17, 15) is 13.6 Å². The molecule has 0 spiro atoms. The van der Waals surface area contributed by atoms with Crippen LogP contribution in [0, 0.1) is 0 Å². The lowest BCUT2D eigenvalue weighted by Gasteiger charge is -2.10. The van der Waals surface area contributed by atoms with Crippen molar-refractivity contribution in [3.8, 4) is 0 Å². The molecule has 0 fully saturated rings. The summed E-state index contributed by atoms with van der Waals surface area (Å²) in [5.41, 5.74) is 2.10. The number of alkyl halides is 2. The third-order valence-electron chi connectivity index (χ3n) is 4.10. The maximum atomic E-state index is 12.6. The number of amides is 1. The predicted octanol–water partition coefficient (Wildman–Crippen LogP) is 5.03. The van der Waals surface area contributed by atoms with Crippen molar-refractivity contribution in [3.05, 3.63) is 54.1 Å². The molecule has 8 heteroatoms. The summed E-state index contributed by atoms with van der Waals surface area (Å²) < 4.78 is 32.2. The Balaban J connectivity index is 1.77. The predicted molar refractivity (Wildman–Crippen MR) is 107 cm³/mol. The fraction of sp³-hybridized carbons (Fsp3) is 0.300. The van der Waals surface area contributed by atoms with Gasteiger partial charge in [0, 0.05) is 30.2 Å². The van der Waals surface area contributed by atoms with Crippen LogP contribution in [0.1, 0.15) is 23.7 Å². The molecule has 5 nitrogen and oxygen atoms in total. The first-order chi connectivity index (χ1) is 13.6. The van der Waals surface area contributed by atoms with Gasteiger partial charge in [-0.15, -0.1) is 0 Å². The van der Waals surface area contributed by atoms with Gasteiger partial charge >= 0.3 is 0 Å². The standard InChI is InChI=1S/C20H21F2N3O2S/c1-2-27-13-5-12-25-17-7-4-3-6-16(17)23-20(25)24-18(26)14-8-10-15(11-9-14)28-19(21)22/h3-4,6-11,19H,2,5,12-13H2,1H3,(H,23,24,26). The summed E-state index contributed by atoms with van der Waals surface area (Å²) in [7, 11) is 0. The number of aryl methyl sites for hydroxylation is 1. The van der Waals surface area contributed by atoms with Crippen molar-refractivity contribution in [2.24, 2.45) is 0 Å². The average Bonchev–Trinajstić information content (AvgIpc) is 3.02. The van der Waals surface area contributed by atoms with Crippen LogP contribution in [0.2, 0.25) is 0 Å². The molecule has 3 aromatic rings. The summed E-state index contributed by atoms with van der Waals surface area (Å²) in [6, 6.07) is 13.7. The van der Waals surface area contributed by atoms with E-state index in [1.807, 2.05) is 35.8 Å². The summed E-state index contributed by atoms with van der Waals surface area (Å²) >= 11 is 0.448. The molecular formula is C20H21F2N3O2S. The average molecular weight is 405 g/mol. The minimum absolute atomic E-state index is 0.338. The Labute approximate surface area is 166 Å². The van der Waals surface area contributed by atoms with Crippen LogP contribution >= 0.6 is 11.8 Å². The third-order valence-corrected chi connectivity index (χ3v) is 4.82. The smallest absolute Gasteiger partial charge is 0.288 e. The van der Waals surface area contributed by atoms with Crippen LogP contribution in [-0.4, -0.2) is 34.4 Å². The number of thioether (sulfide) groups is 1. The fourth-order valence-electron chi connectivity index (χ4n) is 2.83. The Morgan fingerprint density at radius 3 is 2.68 bits per heavy atom. The first-order valence-corrected chi connectivity index (χ1v) is 9.85. The molecule has 1 heterocycles. The van der Waals surface area contributed by atoms with Crippen LogP contribution in [-0.2, 0) is 11.3 Å². The van der Waals surface area contributed by atoms with E-state index in [1.165, 1.54) is 24.3 Å². The number of imidazole rings is 1. The lowest BCUT2D eigenvalue weighted by Crippen LogP contribution is -2.16. The van der Waals surface area contributed by atoms with E-state index in [-0.39, 0.29) is 5.91 Å². The fourth-order valence-corrected chi connectivity index (χ4v) is 3.33. The number of hydrogen-bond acceptors (Lipinski definition) is 4. The SMILES string of the molecule is CCOCCCn1c(NC(=O)c2ccc(SC(F)F)cc2)nc2ccccc21. The number of para-hydroxylation sites is 2. The van der Waals surface area contributed by atoms with Crippen molar-refractivity contribution in [1.29, 1.82) is 0 Å². The molecule has 0 saturated carbocycles. The number of nitrogens with zero attached hydrogens (tertiary/aromatic N) is 2. The van der Waals surface area contributed by atoms with Gasteiger partial charge in [-0.2, -0.15) is 8.78 Å². The van der Waals surface area contributed by atoms with Crippen LogP contribution in [0.4, 0.5) is 14.7 Å². The van der Waals surface area contributed by atoms with E-state index in [4.69, 9.17) is 4.74 Å². The van der Waals surface area contributed by atoms with Gasteiger partial charge in [-0.05, 0) is 49.7 Å². The Morgan fingerprint density at radius 1 is 1.21 bits per heavy atom. The van der Waals surface area contributed by atoms with Crippen molar-refractivity contribution in [1.82, 2.24) is 9.55 Å². The van der Waals surface area contributed by atoms with Gasteiger partial charge in [0.15, 0.2) is 0 Å². The zero-order valence-corrected chi connectivity index (χ0v) is 16.2. The molecule has 0 aliphatic carbocycles. The quantitative estimate of drug-likeness (QED) is 0.401. The molecule has 0 bridgehead atoms. The van der Waals surface area contributed by atoms with Crippen molar-refractivity contribution >= 4 is 34.7 Å². The maximum Gasteiger partial charge on any atom is 0.288 e. The number of benzene rings is 2. The number of rotatable bonds is 9. The van der Waals surface area contributed by atoms with Gasteiger partial charge in [-0.3, -0.25) is 10.1 Å². The van der Waals surface area contributed by atoms with Gasteiger partial charge in [-0.25, -0.2) is 4.98 Å². The molecular weight excluding hydrogens is 384 g/mol. The normalized spacial score (nSPS) is 11.3. The number of anilines is 1. The highest BCUT2D eigenvalue weighted by Gasteiger charge is 2.15. The van der Waals surface area contributed by atoms with Crippen molar-refractivity contribution in [2.75, 3.05) is 18.5 Å². The van der Waals surface area contributed by atoms with E-state index >= 15 is 0 Å². The third kappa shape index (κ3) is 5.08. The number of hydrogen-bond donors (Lipinski definition) is 1. The molecule has 1 N–H and O–H groups in total. The van der Waals surface area contributed by atoms with E-state index in [2.05, 4.69) is 10.3 Å². The molecule has 0 unspecified atom stereocenters. The number of nitrogens with one attached hydrogen (secondary N) is 1. The molecule has 28 heavy (non-hydrogen) atoms. The van der Waals surface area contributed by atoms with E-state index in [0.717, 1.165) is 17.5 Å². The number of carbonyl (C=O) groups is 1. The van der Waals surface area contributed by atoms with Crippen LogP contribution < -0.4 is 5.32 Å². The first-order valence-electron chi connectivity index (χ1n) is 8.97. The number of halogens is 2. The molecule has 0 aliphatic heterocycles. The Hall–Kier alpha value is -2.45. The molecule has 2 aromatic carbocycles. The Kier molecular flexibility index (Phi) is 7.00. The number of fused-ring (bicyclic) bond motifs is 1. The van der Waals surface area contributed by atoms with Gasteiger partial charge in [-0.1, -0.05) is 23.9 Å². The highest BCUT2D eigenvalue weighted by molar-refractivity contribution is 7.99. The Bertz CT molecular complexity index is 929. The van der Waals surface area contributed by atoms with Gasteiger partial charge in [0.1, 0.15) is 0 Å². The number of aromatic nitrogens is 2. The largest absolute Gasteiger partial charge is 0.382 e. The zero-order chi connectivity index (χ0) is 19.9. The van der Waals surface area contributed by atoms with Crippen molar-refractivity contribution in [2.45, 2.75) is 30.5 Å². The molecule has 1 aromatic heterocycles. The van der Waals surface area contributed by atoms with Gasteiger partial charge in [0.05, 0.1) is 11.0 Å². The molecule has 3 rings (SSSR count). The van der Waals surface area contributed by atoms with E-state index in [1.54, 1.807) is 0 Å². The van der Waals surface area contributed by atoms with Crippen LogP contribution in [0.25, 0.3) is 11.0 Å². The second-order valence-electron chi connectivity index (χ2n) is 5.98. The summed E-state index contributed by atoms with van der Waals surface area (Å²) in [4.78, 5) is 17.5. The summed E-state index contributed by atoms with van der Waals surface area (Å²) in [5.74, 6) is -2.38. The zero-order valence-electron chi connectivity index (χ0n) is 15.4. The topological polar surface area (TPSA) is 56.1 Å². The minimum atomic E-state index is -2.49. The van der Waals surface area contributed by atoms with Gasteiger partial charge in [0.25, 0.3) is 11.7 Å². The molecule has 0 aliphatic rings. The lowest BCUT2D eigenvalue weighted by atomic mass is 10.2. The maximum absolute atomic E-state index is 12.6. The summed E-state index contributed by atoms with van der Waals surface area (Å²) in [5, 5.41) is 2.83. The number of ether oxygens (including phenoxy) is 1. The van der Waals surface area contributed by atoms with Crippen molar-refractivity contribution in [3.63, 3.8) is 0 Å². The van der Waals surface area contributed by atoms with E-state index < -0.39 is 5.76 Å². The Morgan fingerprint density at radius 2 is 1.96 bits per heavy atom. The lowest BCUT2D eigenvalue weighted by molar-refractivity contribution is 0.102. The highest BCUT2D eigenvalue weighted by Crippen LogP contribution is 2.25. The van der Waals surface area contributed by atoms with E-state index in [0.29, 0.717) is 47.9 Å². The van der Waals surface area contributed by atoms with Crippen LogP contribution in [0.15, 0.2) is 53.4 Å². The highest BCUT2D eigenvalue weighted by atomic mass is 32.2. The monoisotopic (exact) mass is 405 g/mol. The number of carbonyl (C=O) groups excluding carboxylic acids is 1. The molecule has 0 saturated heterocycles.